The molecule has 0 saturated heterocycles. The van der Waals surface area contributed by atoms with Gasteiger partial charge in [0.2, 0.25) is 5.95 Å². The molecule has 1 nitrogen and oxygen atoms in total. The Bertz CT molecular complexity index is 235. The maximum Gasteiger partial charge on any atom is 0.213 e. The first-order valence-corrected chi connectivity index (χ1v) is 3.73. The quantitative estimate of drug-likeness (QED) is 0.565. The molecule has 60 valence electrons. The SMILES string of the molecule is Cc1cc(C(C)C)cc(F)n1. The molecule has 1 rings (SSSR count). The molecule has 1 aromatic heterocycles. The molecule has 0 saturated carbocycles. The molecular formula is C9H12FN. The van der Waals surface area contributed by atoms with Gasteiger partial charge in [0.05, 0.1) is 0 Å². The van der Waals surface area contributed by atoms with Gasteiger partial charge in [-0.25, -0.2) is 4.98 Å². The van der Waals surface area contributed by atoms with Crippen molar-refractivity contribution >= 4 is 0 Å². The molecule has 1 aromatic rings. The summed E-state index contributed by atoms with van der Waals surface area (Å²) in [7, 11) is 0. The Morgan fingerprint density at radius 2 is 2.00 bits per heavy atom. The van der Waals surface area contributed by atoms with E-state index in [4.69, 9.17) is 0 Å². The minimum Gasteiger partial charge on any atom is -0.225 e. The minimum absolute atomic E-state index is 0.367. The molecule has 0 spiro atoms. The van der Waals surface area contributed by atoms with Gasteiger partial charge in [-0.2, -0.15) is 4.39 Å². The van der Waals surface area contributed by atoms with E-state index in [-0.39, 0.29) is 5.95 Å². The van der Waals surface area contributed by atoms with Crippen LogP contribution >= 0.6 is 0 Å². The zero-order valence-corrected chi connectivity index (χ0v) is 7.06. The topological polar surface area (TPSA) is 12.9 Å². The van der Waals surface area contributed by atoms with Crippen molar-refractivity contribution < 1.29 is 4.39 Å². The summed E-state index contributed by atoms with van der Waals surface area (Å²) in [5.74, 6) is -0.0140. The number of rotatable bonds is 1. The van der Waals surface area contributed by atoms with Gasteiger partial charge in [-0.1, -0.05) is 13.8 Å². The van der Waals surface area contributed by atoms with Crippen molar-refractivity contribution in [1.82, 2.24) is 4.98 Å². The van der Waals surface area contributed by atoms with E-state index in [1.807, 2.05) is 19.9 Å². The Kier molecular flexibility index (Phi) is 2.22. The predicted molar refractivity (Wildman–Crippen MR) is 43.0 cm³/mol. The van der Waals surface area contributed by atoms with Gasteiger partial charge in [-0.05, 0) is 30.5 Å². The highest BCUT2D eigenvalue weighted by Crippen LogP contribution is 2.14. The zero-order chi connectivity index (χ0) is 8.43. The second-order valence-corrected chi connectivity index (χ2v) is 3.02. The summed E-state index contributed by atoms with van der Waals surface area (Å²) in [5.41, 5.74) is 1.75. The van der Waals surface area contributed by atoms with Crippen LogP contribution < -0.4 is 0 Å². The van der Waals surface area contributed by atoms with Crippen molar-refractivity contribution in [2.45, 2.75) is 26.7 Å². The van der Waals surface area contributed by atoms with E-state index in [1.54, 1.807) is 6.92 Å². The second kappa shape index (κ2) is 2.99. The summed E-state index contributed by atoms with van der Waals surface area (Å²) in [4.78, 5) is 3.65. The first-order valence-electron chi connectivity index (χ1n) is 3.73. The van der Waals surface area contributed by atoms with Crippen molar-refractivity contribution in [1.29, 1.82) is 0 Å². The van der Waals surface area contributed by atoms with Crippen molar-refractivity contribution in [2.24, 2.45) is 0 Å². The van der Waals surface area contributed by atoms with Crippen LogP contribution in [-0.4, -0.2) is 4.98 Å². The van der Waals surface area contributed by atoms with Crippen molar-refractivity contribution in [3.63, 3.8) is 0 Å². The molecule has 0 amide bonds. The molecule has 0 N–H and O–H groups in total. The molecule has 1 heterocycles. The molecule has 0 fully saturated rings. The Hall–Kier alpha value is -0.920. The number of hydrogen-bond donors (Lipinski definition) is 0. The van der Waals surface area contributed by atoms with E-state index in [0.717, 1.165) is 11.3 Å². The summed E-state index contributed by atoms with van der Waals surface area (Å²) in [5, 5.41) is 0. The van der Waals surface area contributed by atoms with Gasteiger partial charge in [0.25, 0.3) is 0 Å². The molecule has 0 radical (unpaired) electrons. The van der Waals surface area contributed by atoms with Crippen LogP contribution in [0.5, 0.6) is 0 Å². The number of pyridine rings is 1. The highest BCUT2D eigenvalue weighted by molar-refractivity contribution is 5.19. The maximum atomic E-state index is 12.7. The van der Waals surface area contributed by atoms with Gasteiger partial charge in [-0.15, -0.1) is 0 Å². The molecule has 0 aliphatic carbocycles. The lowest BCUT2D eigenvalue weighted by atomic mass is 10.0. The lowest BCUT2D eigenvalue weighted by Gasteiger charge is -2.04. The van der Waals surface area contributed by atoms with E-state index in [9.17, 15) is 4.39 Å². The summed E-state index contributed by atoms with van der Waals surface area (Å²) in [6.45, 7) is 5.87. The first-order chi connectivity index (χ1) is 5.09. The fraction of sp³-hybridized carbons (Fsp3) is 0.444. The second-order valence-electron chi connectivity index (χ2n) is 3.02. The van der Waals surface area contributed by atoms with E-state index < -0.39 is 0 Å². The molecule has 0 aromatic carbocycles. The summed E-state index contributed by atoms with van der Waals surface area (Å²) >= 11 is 0. The fourth-order valence-electron chi connectivity index (χ4n) is 0.987. The third-order valence-electron chi connectivity index (χ3n) is 1.61. The number of hydrogen-bond acceptors (Lipinski definition) is 1. The monoisotopic (exact) mass is 153 g/mol. The molecule has 0 unspecified atom stereocenters. The van der Waals surface area contributed by atoms with Gasteiger partial charge < -0.3 is 0 Å². The van der Waals surface area contributed by atoms with Crippen LogP contribution in [0.1, 0.15) is 31.0 Å². The van der Waals surface area contributed by atoms with E-state index in [2.05, 4.69) is 4.98 Å². The van der Waals surface area contributed by atoms with Crippen LogP contribution in [0.4, 0.5) is 4.39 Å². The molecule has 0 aliphatic heterocycles. The average molecular weight is 153 g/mol. The Morgan fingerprint density at radius 1 is 1.36 bits per heavy atom. The van der Waals surface area contributed by atoms with Gasteiger partial charge in [0.1, 0.15) is 0 Å². The van der Waals surface area contributed by atoms with E-state index >= 15 is 0 Å². The molecule has 2 heteroatoms. The number of aromatic nitrogens is 1. The lowest BCUT2D eigenvalue weighted by molar-refractivity contribution is 0.575. The smallest absolute Gasteiger partial charge is 0.213 e. The van der Waals surface area contributed by atoms with Gasteiger partial charge >= 0.3 is 0 Å². The van der Waals surface area contributed by atoms with Crippen LogP contribution in [0.3, 0.4) is 0 Å². The average Bonchev–Trinajstić information content (AvgIpc) is 1.85. The summed E-state index contributed by atoms with van der Waals surface area (Å²) in [6, 6.07) is 3.39. The van der Waals surface area contributed by atoms with Gasteiger partial charge in [0, 0.05) is 5.69 Å². The van der Waals surface area contributed by atoms with Crippen molar-refractivity contribution in [3.05, 3.63) is 29.3 Å². The van der Waals surface area contributed by atoms with E-state index in [1.165, 1.54) is 6.07 Å². The molecule has 0 bridgehead atoms. The van der Waals surface area contributed by atoms with Gasteiger partial charge in [-0.3, -0.25) is 0 Å². The maximum absolute atomic E-state index is 12.7. The molecule has 0 atom stereocenters. The standard InChI is InChI=1S/C9H12FN/c1-6(2)8-4-7(3)11-9(10)5-8/h4-6H,1-3H3. The number of nitrogens with zero attached hydrogens (tertiary/aromatic N) is 1. The van der Waals surface area contributed by atoms with Gasteiger partial charge in [0.15, 0.2) is 0 Å². The zero-order valence-electron chi connectivity index (χ0n) is 7.06. The molecule has 11 heavy (non-hydrogen) atoms. The Balaban J connectivity index is 3.08. The highest BCUT2D eigenvalue weighted by atomic mass is 19.1. The normalized spacial score (nSPS) is 10.6. The van der Waals surface area contributed by atoms with Crippen LogP contribution in [0, 0.1) is 12.9 Å². The first kappa shape index (κ1) is 8.18. The summed E-state index contributed by atoms with van der Waals surface area (Å²) < 4.78 is 12.7. The Labute approximate surface area is 66.3 Å². The summed E-state index contributed by atoms with van der Waals surface area (Å²) in [6.07, 6.45) is 0. The largest absolute Gasteiger partial charge is 0.225 e. The minimum atomic E-state index is -0.381. The van der Waals surface area contributed by atoms with Crippen molar-refractivity contribution in [3.8, 4) is 0 Å². The molecule has 0 aliphatic rings. The van der Waals surface area contributed by atoms with Crippen LogP contribution in [0.25, 0.3) is 0 Å². The molecular weight excluding hydrogens is 141 g/mol. The third-order valence-corrected chi connectivity index (χ3v) is 1.61. The van der Waals surface area contributed by atoms with Crippen LogP contribution in [-0.2, 0) is 0 Å². The third kappa shape index (κ3) is 2.00. The van der Waals surface area contributed by atoms with E-state index in [0.29, 0.717) is 5.92 Å². The Morgan fingerprint density at radius 3 is 2.45 bits per heavy atom. The lowest BCUT2D eigenvalue weighted by Crippen LogP contribution is -1.93. The fourth-order valence-corrected chi connectivity index (χ4v) is 0.987. The van der Waals surface area contributed by atoms with Crippen LogP contribution in [0.2, 0.25) is 0 Å². The highest BCUT2D eigenvalue weighted by Gasteiger charge is 2.02. The van der Waals surface area contributed by atoms with Crippen LogP contribution in [0.15, 0.2) is 12.1 Å². The number of aryl methyl sites for hydroxylation is 1. The number of halogens is 1. The van der Waals surface area contributed by atoms with Crippen molar-refractivity contribution in [2.75, 3.05) is 0 Å². The predicted octanol–water partition coefficient (Wildman–Crippen LogP) is 2.65.